The summed E-state index contributed by atoms with van der Waals surface area (Å²) in [6, 6.07) is 8.18. The van der Waals surface area contributed by atoms with Gasteiger partial charge in [-0.15, -0.1) is 0 Å². The number of para-hydroxylation sites is 1. The standard InChI is InChI=1S/C30H46N4O3/c1-5-23-9-6-7-10-26(23)32-30(37)33-17-22-16-24(19-33)27-11-8-12-28(35)31-25(20(2)3)14-13-21(4)15-29(36)34(27)18-22/h6-7,9-10,20-22,24-25,27H,5,8,11-19H2,1-4H3,(H,31,35)(H,32,37)/t21-,22+,24+,25+,27+/m1/s1. The van der Waals surface area contributed by atoms with E-state index in [1.165, 1.54) is 0 Å². The number of carbonyl (C=O) groups is 3. The molecule has 3 saturated heterocycles. The summed E-state index contributed by atoms with van der Waals surface area (Å²) in [6.07, 6.45) is 6.39. The van der Waals surface area contributed by atoms with Crippen molar-refractivity contribution < 1.29 is 14.4 Å². The van der Waals surface area contributed by atoms with Crippen molar-refractivity contribution in [1.29, 1.82) is 0 Å². The van der Waals surface area contributed by atoms with Crippen LogP contribution in [0.15, 0.2) is 24.3 Å². The smallest absolute Gasteiger partial charge is 0.321 e. The first-order chi connectivity index (χ1) is 17.7. The minimum atomic E-state index is -0.0484. The molecule has 4 rings (SSSR count). The summed E-state index contributed by atoms with van der Waals surface area (Å²) in [5.74, 6) is 1.58. The molecule has 1 aromatic rings. The first-order valence-corrected chi connectivity index (χ1v) is 14.5. The van der Waals surface area contributed by atoms with Crippen molar-refractivity contribution in [3.8, 4) is 0 Å². The van der Waals surface area contributed by atoms with Crippen LogP contribution in [0.1, 0.15) is 78.2 Å². The molecule has 2 N–H and O–H groups in total. The van der Waals surface area contributed by atoms with Crippen LogP contribution in [0.3, 0.4) is 0 Å². The van der Waals surface area contributed by atoms with Gasteiger partial charge in [0.05, 0.1) is 0 Å². The molecule has 0 saturated carbocycles. The number of nitrogens with zero attached hydrogens (tertiary/aromatic N) is 2. The predicted octanol–water partition coefficient (Wildman–Crippen LogP) is 5.06. The van der Waals surface area contributed by atoms with Gasteiger partial charge in [0.25, 0.3) is 0 Å². The minimum Gasteiger partial charge on any atom is -0.353 e. The van der Waals surface area contributed by atoms with E-state index in [0.717, 1.165) is 49.8 Å². The summed E-state index contributed by atoms with van der Waals surface area (Å²) >= 11 is 0. The SMILES string of the molecule is CCc1ccccc1NC(=O)N1C[C@@H]2C[C@@H](C1)[C@@H]1CCCC(=O)N[C@H](C(C)C)CC[C@@H](C)CC(=O)N1C2. The van der Waals surface area contributed by atoms with Crippen LogP contribution < -0.4 is 10.6 Å². The number of anilines is 1. The molecule has 204 valence electrons. The number of amides is 4. The number of rotatable bonds is 3. The van der Waals surface area contributed by atoms with Gasteiger partial charge in [0, 0.05) is 50.2 Å². The van der Waals surface area contributed by atoms with E-state index in [4.69, 9.17) is 0 Å². The molecular weight excluding hydrogens is 464 g/mol. The molecule has 37 heavy (non-hydrogen) atoms. The highest BCUT2D eigenvalue weighted by atomic mass is 16.2. The lowest BCUT2D eigenvalue weighted by Crippen LogP contribution is -2.60. The average Bonchev–Trinajstić information content (AvgIpc) is 2.87. The summed E-state index contributed by atoms with van der Waals surface area (Å²) in [7, 11) is 0. The molecule has 2 bridgehead atoms. The van der Waals surface area contributed by atoms with Crippen LogP contribution in [0, 0.1) is 23.7 Å². The van der Waals surface area contributed by atoms with Crippen LogP contribution in [0.25, 0.3) is 0 Å². The normalized spacial score (nSPS) is 29.5. The number of piperidine rings is 2. The van der Waals surface area contributed by atoms with Crippen molar-refractivity contribution in [3.63, 3.8) is 0 Å². The zero-order valence-corrected chi connectivity index (χ0v) is 23.2. The molecule has 3 aliphatic rings. The Morgan fingerprint density at radius 3 is 2.65 bits per heavy atom. The maximum absolute atomic E-state index is 13.5. The van der Waals surface area contributed by atoms with E-state index in [9.17, 15) is 14.4 Å². The van der Waals surface area contributed by atoms with Crippen molar-refractivity contribution in [3.05, 3.63) is 29.8 Å². The maximum Gasteiger partial charge on any atom is 0.321 e. The average molecular weight is 511 g/mol. The molecule has 4 amide bonds. The van der Waals surface area contributed by atoms with Crippen LogP contribution in [-0.4, -0.2) is 59.4 Å². The third-order valence-corrected chi connectivity index (χ3v) is 8.76. The molecule has 0 radical (unpaired) electrons. The van der Waals surface area contributed by atoms with Crippen LogP contribution in [0.2, 0.25) is 0 Å². The zero-order chi connectivity index (χ0) is 26.5. The predicted molar refractivity (Wildman–Crippen MR) is 147 cm³/mol. The first kappa shape index (κ1) is 27.5. The molecule has 3 heterocycles. The summed E-state index contributed by atoms with van der Waals surface area (Å²) in [4.78, 5) is 43.7. The molecule has 0 aromatic heterocycles. The second kappa shape index (κ2) is 12.3. The molecular formula is C30H46N4O3. The van der Waals surface area contributed by atoms with Crippen LogP contribution in [0.5, 0.6) is 0 Å². The largest absolute Gasteiger partial charge is 0.353 e. The van der Waals surface area contributed by atoms with Crippen LogP contribution in [0.4, 0.5) is 10.5 Å². The molecule has 7 heteroatoms. The Labute approximate surface area is 222 Å². The Kier molecular flexibility index (Phi) is 9.14. The van der Waals surface area contributed by atoms with Gasteiger partial charge >= 0.3 is 6.03 Å². The highest BCUT2D eigenvalue weighted by Gasteiger charge is 2.43. The quantitative estimate of drug-likeness (QED) is 0.596. The van der Waals surface area contributed by atoms with Gasteiger partial charge < -0.3 is 20.4 Å². The summed E-state index contributed by atoms with van der Waals surface area (Å²) in [5, 5.41) is 6.40. The maximum atomic E-state index is 13.5. The van der Waals surface area contributed by atoms with Crippen LogP contribution >= 0.6 is 0 Å². The fraction of sp³-hybridized carbons (Fsp3) is 0.700. The van der Waals surface area contributed by atoms with Crippen LogP contribution in [-0.2, 0) is 16.0 Å². The van der Waals surface area contributed by atoms with E-state index in [0.29, 0.717) is 44.3 Å². The third kappa shape index (κ3) is 6.85. The Morgan fingerprint density at radius 2 is 1.89 bits per heavy atom. The van der Waals surface area contributed by atoms with Gasteiger partial charge in [-0.25, -0.2) is 4.79 Å². The fourth-order valence-corrected chi connectivity index (χ4v) is 6.62. The summed E-state index contributed by atoms with van der Waals surface area (Å²) in [6.45, 7) is 10.6. The zero-order valence-electron chi connectivity index (χ0n) is 23.2. The van der Waals surface area contributed by atoms with Crippen molar-refractivity contribution in [2.75, 3.05) is 25.0 Å². The highest BCUT2D eigenvalue weighted by molar-refractivity contribution is 5.90. The molecule has 5 atom stereocenters. The summed E-state index contributed by atoms with van der Waals surface area (Å²) < 4.78 is 0. The van der Waals surface area contributed by atoms with E-state index >= 15 is 0 Å². The van der Waals surface area contributed by atoms with E-state index < -0.39 is 0 Å². The number of benzene rings is 1. The number of likely N-dealkylation sites (tertiary alicyclic amines) is 1. The third-order valence-electron chi connectivity index (χ3n) is 8.76. The second-order valence-corrected chi connectivity index (χ2v) is 12.0. The number of hydrogen-bond acceptors (Lipinski definition) is 3. The highest BCUT2D eigenvalue weighted by Crippen LogP contribution is 2.37. The van der Waals surface area contributed by atoms with E-state index in [1.54, 1.807) is 0 Å². The van der Waals surface area contributed by atoms with Gasteiger partial charge in [0.2, 0.25) is 11.8 Å². The molecule has 3 fully saturated rings. The second-order valence-electron chi connectivity index (χ2n) is 12.0. The number of carbonyl (C=O) groups excluding carboxylic acids is 3. The van der Waals surface area contributed by atoms with Crippen molar-refractivity contribution >= 4 is 23.5 Å². The number of urea groups is 1. The molecule has 1 aromatic carbocycles. The van der Waals surface area contributed by atoms with Crippen molar-refractivity contribution in [1.82, 2.24) is 15.1 Å². The summed E-state index contributed by atoms with van der Waals surface area (Å²) in [5.41, 5.74) is 2.01. The topological polar surface area (TPSA) is 81.8 Å². The number of nitrogens with one attached hydrogen (secondary N) is 2. The molecule has 7 nitrogen and oxygen atoms in total. The van der Waals surface area contributed by atoms with Crippen molar-refractivity contribution in [2.24, 2.45) is 23.7 Å². The molecule has 0 spiro atoms. The number of aryl methyl sites for hydroxylation is 1. The monoisotopic (exact) mass is 510 g/mol. The Hall–Kier alpha value is -2.57. The minimum absolute atomic E-state index is 0.0484. The Balaban J connectivity index is 1.47. The molecule has 0 unspecified atom stereocenters. The van der Waals surface area contributed by atoms with Crippen molar-refractivity contribution in [2.45, 2.75) is 91.1 Å². The van der Waals surface area contributed by atoms with Gasteiger partial charge in [-0.1, -0.05) is 45.9 Å². The lowest BCUT2D eigenvalue weighted by atomic mass is 9.77. The fourth-order valence-electron chi connectivity index (χ4n) is 6.62. The first-order valence-electron chi connectivity index (χ1n) is 14.5. The van der Waals surface area contributed by atoms with E-state index in [2.05, 4.69) is 49.3 Å². The number of fused-ring (bicyclic) bond motifs is 4. The number of hydrogen-bond donors (Lipinski definition) is 2. The van der Waals surface area contributed by atoms with E-state index in [1.807, 2.05) is 23.1 Å². The van der Waals surface area contributed by atoms with Gasteiger partial charge in [0.15, 0.2) is 0 Å². The Bertz CT molecular complexity index is 964. The van der Waals surface area contributed by atoms with Gasteiger partial charge in [-0.3, -0.25) is 9.59 Å². The lowest BCUT2D eigenvalue weighted by molar-refractivity contribution is -0.141. The Morgan fingerprint density at radius 1 is 1.11 bits per heavy atom. The molecule has 3 aliphatic heterocycles. The van der Waals surface area contributed by atoms with E-state index in [-0.39, 0.29) is 41.8 Å². The van der Waals surface area contributed by atoms with Gasteiger partial charge in [-0.05, 0) is 73.8 Å². The lowest BCUT2D eigenvalue weighted by Gasteiger charge is -2.51. The van der Waals surface area contributed by atoms with Gasteiger partial charge in [0.1, 0.15) is 0 Å². The molecule has 0 aliphatic carbocycles. The van der Waals surface area contributed by atoms with Gasteiger partial charge in [-0.2, -0.15) is 0 Å².